The van der Waals surface area contributed by atoms with Crippen LogP contribution in [0.15, 0.2) is 40.9 Å². The number of hydrogen-bond acceptors (Lipinski definition) is 1. The van der Waals surface area contributed by atoms with Gasteiger partial charge in [0.2, 0.25) is 0 Å². The zero-order valence-electron chi connectivity index (χ0n) is 13.3. The van der Waals surface area contributed by atoms with Gasteiger partial charge in [0.05, 0.1) is 0 Å². The Balaban J connectivity index is 2.30. The van der Waals surface area contributed by atoms with Gasteiger partial charge in [-0.3, -0.25) is 0 Å². The van der Waals surface area contributed by atoms with Gasteiger partial charge in [0.15, 0.2) is 0 Å². The Labute approximate surface area is 136 Å². The Morgan fingerprint density at radius 2 is 1.52 bits per heavy atom. The van der Waals surface area contributed by atoms with E-state index in [4.69, 9.17) is 0 Å². The average Bonchev–Trinajstić information content (AvgIpc) is 2.35. The molecule has 0 bridgehead atoms. The molecule has 0 saturated carbocycles. The van der Waals surface area contributed by atoms with Gasteiger partial charge in [0.1, 0.15) is 0 Å². The van der Waals surface area contributed by atoms with Crippen molar-refractivity contribution in [2.24, 2.45) is 0 Å². The monoisotopic (exact) mass is 345 g/mol. The summed E-state index contributed by atoms with van der Waals surface area (Å²) < 4.78 is 1.15. The first-order chi connectivity index (χ1) is 9.97. The summed E-state index contributed by atoms with van der Waals surface area (Å²) >= 11 is 3.61. The van der Waals surface area contributed by atoms with Gasteiger partial charge in [-0.05, 0) is 62.6 Å². The van der Waals surface area contributed by atoms with Crippen LogP contribution >= 0.6 is 15.9 Å². The van der Waals surface area contributed by atoms with Crippen molar-refractivity contribution in [3.8, 4) is 0 Å². The van der Waals surface area contributed by atoms with Crippen LogP contribution in [-0.4, -0.2) is 6.54 Å². The van der Waals surface area contributed by atoms with E-state index in [1.165, 1.54) is 27.8 Å². The molecule has 0 fully saturated rings. The normalized spacial score (nSPS) is 12.4. The molecule has 0 amide bonds. The van der Waals surface area contributed by atoms with Gasteiger partial charge in [-0.25, -0.2) is 0 Å². The summed E-state index contributed by atoms with van der Waals surface area (Å²) in [5, 5.41) is 3.62. The van der Waals surface area contributed by atoms with Gasteiger partial charge in [-0.1, -0.05) is 58.2 Å². The Hall–Kier alpha value is -1.12. The van der Waals surface area contributed by atoms with Gasteiger partial charge in [-0.15, -0.1) is 0 Å². The zero-order chi connectivity index (χ0) is 15.4. The molecule has 2 aromatic rings. The highest BCUT2D eigenvalue weighted by molar-refractivity contribution is 9.10. The second kappa shape index (κ2) is 7.24. The maximum absolute atomic E-state index is 3.62. The summed E-state index contributed by atoms with van der Waals surface area (Å²) in [6.45, 7) is 9.62. The highest BCUT2D eigenvalue weighted by atomic mass is 79.9. The maximum Gasteiger partial charge on any atom is 0.0361 e. The van der Waals surface area contributed by atoms with Crippen LogP contribution in [0.4, 0.5) is 0 Å². The predicted molar refractivity (Wildman–Crippen MR) is 94.9 cm³/mol. The highest BCUT2D eigenvalue weighted by Crippen LogP contribution is 2.24. The van der Waals surface area contributed by atoms with Crippen LogP contribution in [0.1, 0.15) is 40.8 Å². The number of rotatable bonds is 5. The minimum Gasteiger partial charge on any atom is -0.310 e. The van der Waals surface area contributed by atoms with Gasteiger partial charge >= 0.3 is 0 Å². The predicted octanol–water partition coefficient (Wildman–Crippen LogP) is 5.27. The largest absolute Gasteiger partial charge is 0.310 e. The van der Waals surface area contributed by atoms with Gasteiger partial charge in [-0.2, -0.15) is 0 Å². The maximum atomic E-state index is 3.62. The lowest BCUT2D eigenvalue weighted by molar-refractivity contribution is 0.549. The molecule has 0 aromatic heterocycles. The summed E-state index contributed by atoms with van der Waals surface area (Å²) in [5.74, 6) is 0. The molecule has 0 saturated heterocycles. The fourth-order valence-corrected chi connectivity index (χ4v) is 3.57. The van der Waals surface area contributed by atoms with E-state index in [2.05, 4.69) is 85.3 Å². The number of nitrogens with one attached hydrogen (secondary N) is 1. The standard InChI is InChI=1S/C19H24BrN/c1-5-21-19(17-9-15(4)10-18(20)12-17)11-16-7-13(2)6-14(3)8-16/h6-10,12,19,21H,5,11H2,1-4H3. The molecule has 112 valence electrons. The third kappa shape index (κ3) is 4.69. The molecular weight excluding hydrogens is 322 g/mol. The minimum absolute atomic E-state index is 0.354. The van der Waals surface area contributed by atoms with Crippen LogP contribution in [0.25, 0.3) is 0 Å². The number of benzene rings is 2. The van der Waals surface area contributed by atoms with E-state index in [0.29, 0.717) is 6.04 Å². The van der Waals surface area contributed by atoms with Crippen LogP contribution in [0.5, 0.6) is 0 Å². The first kappa shape index (κ1) is 16.3. The van der Waals surface area contributed by atoms with Crippen molar-refractivity contribution >= 4 is 15.9 Å². The molecule has 1 atom stereocenters. The Bertz CT molecular complexity index is 578. The van der Waals surface area contributed by atoms with E-state index in [-0.39, 0.29) is 0 Å². The number of likely N-dealkylation sites (N-methyl/N-ethyl adjacent to an activating group) is 1. The van der Waals surface area contributed by atoms with E-state index in [1.54, 1.807) is 0 Å². The van der Waals surface area contributed by atoms with Crippen LogP contribution in [-0.2, 0) is 6.42 Å². The lowest BCUT2D eigenvalue weighted by atomic mass is 9.95. The number of halogens is 1. The number of hydrogen-bond donors (Lipinski definition) is 1. The quantitative estimate of drug-likeness (QED) is 0.778. The van der Waals surface area contributed by atoms with Crippen molar-refractivity contribution in [1.29, 1.82) is 0 Å². The van der Waals surface area contributed by atoms with Crippen molar-refractivity contribution in [3.63, 3.8) is 0 Å². The fraction of sp³-hybridized carbons (Fsp3) is 0.368. The minimum atomic E-state index is 0.354. The molecule has 0 heterocycles. The summed E-state index contributed by atoms with van der Waals surface area (Å²) in [7, 11) is 0. The van der Waals surface area contributed by atoms with E-state index in [1.807, 2.05) is 0 Å². The summed E-state index contributed by atoms with van der Waals surface area (Å²) in [5.41, 5.74) is 6.72. The lowest BCUT2D eigenvalue weighted by Gasteiger charge is -2.20. The van der Waals surface area contributed by atoms with E-state index in [0.717, 1.165) is 17.4 Å². The van der Waals surface area contributed by atoms with E-state index < -0.39 is 0 Å². The summed E-state index contributed by atoms with van der Waals surface area (Å²) in [6, 6.07) is 13.8. The molecule has 0 aliphatic heterocycles. The van der Waals surface area contributed by atoms with Crippen molar-refractivity contribution in [2.45, 2.75) is 40.2 Å². The van der Waals surface area contributed by atoms with Gasteiger partial charge < -0.3 is 5.32 Å². The van der Waals surface area contributed by atoms with Crippen LogP contribution in [0.2, 0.25) is 0 Å². The summed E-state index contributed by atoms with van der Waals surface area (Å²) in [6.07, 6.45) is 1.02. The molecule has 1 N–H and O–H groups in total. The van der Waals surface area contributed by atoms with Crippen molar-refractivity contribution in [3.05, 3.63) is 68.7 Å². The SMILES string of the molecule is CCNC(Cc1cc(C)cc(C)c1)c1cc(C)cc(Br)c1. The first-order valence-corrected chi connectivity index (χ1v) is 8.35. The second-order valence-corrected chi connectivity index (χ2v) is 6.79. The Morgan fingerprint density at radius 1 is 0.905 bits per heavy atom. The fourth-order valence-electron chi connectivity index (χ4n) is 2.94. The second-order valence-electron chi connectivity index (χ2n) is 5.87. The average molecular weight is 346 g/mol. The molecule has 0 spiro atoms. The lowest BCUT2D eigenvalue weighted by Crippen LogP contribution is -2.23. The molecule has 2 rings (SSSR count). The third-order valence-corrected chi connectivity index (χ3v) is 4.10. The molecule has 0 aliphatic rings. The van der Waals surface area contributed by atoms with Crippen LogP contribution in [0, 0.1) is 20.8 Å². The topological polar surface area (TPSA) is 12.0 Å². The molecule has 0 aliphatic carbocycles. The molecule has 0 radical (unpaired) electrons. The molecule has 21 heavy (non-hydrogen) atoms. The van der Waals surface area contributed by atoms with E-state index in [9.17, 15) is 0 Å². The zero-order valence-corrected chi connectivity index (χ0v) is 14.9. The van der Waals surface area contributed by atoms with E-state index >= 15 is 0 Å². The van der Waals surface area contributed by atoms with Gasteiger partial charge in [0, 0.05) is 10.5 Å². The third-order valence-electron chi connectivity index (χ3n) is 3.64. The van der Waals surface area contributed by atoms with Crippen LogP contribution < -0.4 is 5.32 Å². The highest BCUT2D eigenvalue weighted by Gasteiger charge is 2.12. The number of aryl methyl sites for hydroxylation is 3. The van der Waals surface area contributed by atoms with Crippen molar-refractivity contribution < 1.29 is 0 Å². The van der Waals surface area contributed by atoms with Gasteiger partial charge in [0.25, 0.3) is 0 Å². The molecule has 2 heteroatoms. The van der Waals surface area contributed by atoms with Crippen molar-refractivity contribution in [1.82, 2.24) is 5.32 Å². The molecule has 1 unspecified atom stereocenters. The smallest absolute Gasteiger partial charge is 0.0361 e. The molecule has 2 aromatic carbocycles. The van der Waals surface area contributed by atoms with Crippen LogP contribution in [0.3, 0.4) is 0 Å². The molecule has 1 nitrogen and oxygen atoms in total. The van der Waals surface area contributed by atoms with Crippen molar-refractivity contribution in [2.75, 3.05) is 6.54 Å². The summed E-state index contributed by atoms with van der Waals surface area (Å²) in [4.78, 5) is 0. The molecular formula is C19H24BrN. The first-order valence-electron chi connectivity index (χ1n) is 7.55. The Kier molecular flexibility index (Phi) is 5.60. The Morgan fingerprint density at radius 3 is 2.10 bits per heavy atom.